The normalized spacial score (nSPS) is 9.89. The number of nitrogens with one attached hydrogen (secondary N) is 1. The van der Waals surface area contributed by atoms with Gasteiger partial charge in [0, 0.05) is 22.8 Å². The third kappa shape index (κ3) is 4.22. The van der Waals surface area contributed by atoms with Crippen LogP contribution >= 0.6 is 11.8 Å². The Morgan fingerprint density at radius 1 is 1.56 bits per heavy atom. The van der Waals surface area contributed by atoms with Gasteiger partial charge in [-0.15, -0.1) is 11.8 Å². The Labute approximate surface area is 108 Å². The number of hydrogen-bond acceptors (Lipinski definition) is 7. The molecule has 0 fully saturated rings. The van der Waals surface area contributed by atoms with Crippen molar-refractivity contribution in [1.29, 1.82) is 0 Å². The number of nitrogen functional groups attached to an aromatic ring is 1. The zero-order valence-corrected chi connectivity index (χ0v) is 10.5. The molecule has 1 aromatic carbocycles. The Balaban J connectivity index is 2.72. The molecule has 1 aromatic rings. The van der Waals surface area contributed by atoms with E-state index in [1.54, 1.807) is 6.07 Å². The number of nitrogens with zero attached hydrogens (tertiary/aromatic N) is 1. The van der Waals surface area contributed by atoms with Gasteiger partial charge in [-0.1, -0.05) is 0 Å². The van der Waals surface area contributed by atoms with Gasteiger partial charge in [-0.3, -0.25) is 20.8 Å². The number of thioether (sulfide) groups is 1. The molecule has 18 heavy (non-hydrogen) atoms. The average Bonchev–Trinajstić information content (AvgIpc) is 2.37. The van der Waals surface area contributed by atoms with Crippen LogP contribution in [0, 0.1) is 10.1 Å². The summed E-state index contributed by atoms with van der Waals surface area (Å²) in [6.07, 6.45) is 0.245. The molecule has 0 spiro atoms. The van der Waals surface area contributed by atoms with Crippen molar-refractivity contribution in [3.05, 3.63) is 28.3 Å². The number of nitro groups is 1. The van der Waals surface area contributed by atoms with Crippen molar-refractivity contribution in [1.82, 2.24) is 0 Å². The maximum Gasteiger partial charge on any atom is 0.306 e. The monoisotopic (exact) mass is 271 g/mol. The van der Waals surface area contributed by atoms with Crippen LogP contribution in [0.5, 0.6) is 0 Å². The van der Waals surface area contributed by atoms with E-state index >= 15 is 0 Å². The number of rotatable bonds is 6. The molecule has 0 saturated heterocycles. The van der Waals surface area contributed by atoms with Crippen LogP contribution in [0.4, 0.5) is 11.4 Å². The minimum Gasteiger partial charge on any atom is -0.469 e. The molecule has 7 nitrogen and oxygen atoms in total. The van der Waals surface area contributed by atoms with Gasteiger partial charge in [-0.2, -0.15) is 0 Å². The first kappa shape index (κ1) is 14.3. The van der Waals surface area contributed by atoms with Crippen molar-refractivity contribution in [3.8, 4) is 0 Å². The molecule has 0 unspecified atom stereocenters. The molecule has 0 amide bonds. The number of carbonyl (C=O) groups excluding carboxylic acids is 1. The summed E-state index contributed by atoms with van der Waals surface area (Å²) in [5.74, 6) is 5.40. The number of benzene rings is 1. The fourth-order valence-corrected chi connectivity index (χ4v) is 2.13. The molecule has 0 heterocycles. The number of methoxy groups -OCH3 is 1. The third-order valence-electron chi connectivity index (χ3n) is 2.07. The summed E-state index contributed by atoms with van der Waals surface area (Å²) in [4.78, 5) is 21.8. The van der Waals surface area contributed by atoms with Crippen LogP contribution in [-0.2, 0) is 9.53 Å². The lowest BCUT2D eigenvalue weighted by molar-refractivity contribution is -0.385. The molecule has 0 bridgehead atoms. The van der Waals surface area contributed by atoms with Gasteiger partial charge >= 0.3 is 5.97 Å². The minimum atomic E-state index is -0.495. The third-order valence-corrected chi connectivity index (χ3v) is 3.05. The molecular formula is C10H13N3O4S. The molecule has 98 valence electrons. The Morgan fingerprint density at radius 3 is 2.83 bits per heavy atom. The number of anilines is 1. The number of non-ortho nitro benzene ring substituents is 1. The molecule has 0 radical (unpaired) electrons. The highest BCUT2D eigenvalue weighted by atomic mass is 32.2. The lowest BCUT2D eigenvalue weighted by Gasteiger charge is -2.05. The maximum atomic E-state index is 10.9. The van der Waals surface area contributed by atoms with Crippen LogP contribution in [0.1, 0.15) is 6.42 Å². The number of nitrogens with two attached hydrogens (primary N) is 1. The van der Waals surface area contributed by atoms with Crippen molar-refractivity contribution in [2.45, 2.75) is 11.3 Å². The first-order valence-corrected chi connectivity index (χ1v) is 6.01. The van der Waals surface area contributed by atoms with Crippen molar-refractivity contribution in [2.75, 3.05) is 18.3 Å². The summed E-state index contributed by atoms with van der Waals surface area (Å²) in [6.45, 7) is 0. The molecule has 0 aliphatic heterocycles. The zero-order valence-electron chi connectivity index (χ0n) is 9.71. The second kappa shape index (κ2) is 6.82. The molecule has 0 saturated carbocycles. The van der Waals surface area contributed by atoms with Crippen LogP contribution < -0.4 is 11.3 Å². The maximum absolute atomic E-state index is 10.9. The molecule has 0 atom stereocenters. The first-order valence-electron chi connectivity index (χ1n) is 5.02. The molecule has 1 rings (SSSR count). The minimum absolute atomic E-state index is 0.0500. The van der Waals surface area contributed by atoms with Crippen LogP contribution in [0.15, 0.2) is 23.1 Å². The SMILES string of the molecule is COC(=O)CCSc1cc(NN)cc([N+](=O)[O-])c1. The van der Waals surface area contributed by atoms with Crippen LogP contribution in [0.2, 0.25) is 0 Å². The predicted octanol–water partition coefficient (Wildman–Crippen LogP) is 1.54. The molecular weight excluding hydrogens is 258 g/mol. The van der Waals surface area contributed by atoms with E-state index in [1.165, 1.54) is 31.0 Å². The van der Waals surface area contributed by atoms with E-state index in [1.807, 2.05) is 0 Å². The smallest absolute Gasteiger partial charge is 0.306 e. The van der Waals surface area contributed by atoms with Crippen LogP contribution in [0.25, 0.3) is 0 Å². The van der Waals surface area contributed by atoms with E-state index in [0.29, 0.717) is 16.3 Å². The van der Waals surface area contributed by atoms with E-state index in [2.05, 4.69) is 10.2 Å². The summed E-state index contributed by atoms with van der Waals surface area (Å²) in [6, 6.07) is 4.45. The fraction of sp³-hybridized carbons (Fsp3) is 0.300. The highest BCUT2D eigenvalue weighted by Gasteiger charge is 2.10. The van der Waals surface area contributed by atoms with Gasteiger partial charge in [-0.25, -0.2) is 0 Å². The number of hydrazine groups is 1. The Kier molecular flexibility index (Phi) is 5.40. The van der Waals surface area contributed by atoms with Gasteiger partial charge in [0.1, 0.15) is 0 Å². The second-order valence-corrected chi connectivity index (χ2v) is 4.46. The summed E-state index contributed by atoms with van der Waals surface area (Å²) in [5.41, 5.74) is 2.76. The summed E-state index contributed by atoms with van der Waals surface area (Å²) in [5, 5.41) is 10.7. The first-order chi connectivity index (χ1) is 8.56. The van der Waals surface area contributed by atoms with Crippen LogP contribution in [0.3, 0.4) is 0 Å². The summed E-state index contributed by atoms with van der Waals surface area (Å²) < 4.78 is 4.50. The van der Waals surface area contributed by atoms with E-state index in [-0.39, 0.29) is 18.1 Å². The summed E-state index contributed by atoms with van der Waals surface area (Å²) in [7, 11) is 1.32. The quantitative estimate of drug-likeness (QED) is 0.265. The van der Waals surface area contributed by atoms with Gasteiger partial charge < -0.3 is 10.2 Å². The highest BCUT2D eigenvalue weighted by molar-refractivity contribution is 7.99. The lowest BCUT2D eigenvalue weighted by atomic mass is 10.3. The van der Waals surface area contributed by atoms with E-state index in [4.69, 9.17) is 5.84 Å². The fourth-order valence-electron chi connectivity index (χ4n) is 1.21. The lowest BCUT2D eigenvalue weighted by Crippen LogP contribution is -2.07. The standard InChI is InChI=1S/C10H13N3O4S/c1-17-10(14)2-3-18-9-5-7(12-11)4-8(6-9)13(15)16/h4-6,12H,2-3,11H2,1H3. The molecule has 3 N–H and O–H groups in total. The molecule has 0 aliphatic rings. The molecule has 8 heteroatoms. The van der Waals surface area contributed by atoms with Gasteiger partial charge in [0.25, 0.3) is 5.69 Å². The van der Waals surface area contributed by atoms with Gasteiger partial charge in [0.15, 0.2) is 0 Å². The van der Waals surface area contributed by atoms with Crippen LogP contribution in [-0.4, -0.2) is 23.8 Å². The number of esters is 1. The Bertz CT molecular complexity index is 453. The summed E-state index contributed by atoms with van der Waals surface area (Å²) >= 11 is 1.32. The van der Waals surface area contributed by atoms with E-state index in [9.17, 15) is 14.9 Å². The number of carbonyl (C=O) groups is 1. The van der Waals surface area contributed by atoms with E-state index < -0.39 is 4.92 Å². The van der Waals surface area contributed by atoms with Crippen molar-refractivity contribution < 1.29 is 14.5 Å². The average molecular weight is 271 g/mol. The number of ether oxygens (including phenoxy) is 1. The van der Waals surface area contributed by atoms with Crippen molar-refractivity contribution in [3.63, 3.8) is 0 Å². The number of nitro benzene ring substituents is 1. The topological polar surface area (TPSA) is 107 Å². The van der Waals surface area contributed by atoms with Gasteiger partial charge in [-0.05, 0) is 6.07 Å². The zero-order chi connectivity index (χ0) is 13.5. The van der Waals surface area contributed by atoms with Gasteiger partial charge in [0.05, 0.1) is 24.1 Å². The molecule has 0 aliphatic carbocycles. The number of hydrogen-bond donors (Lipinski definition) is 2. The second-order valence-electron chi connectivity index (χ2n) is 3.29. The van der Waals surface area contributed by atoms with Crippen molar-refractivity contribution in [2.24, 2.45) is 5.84 Å². The largest absolute Gasteiger partial charge is 0.469 e. The predicted molar refractivity (Wildman–Crippen MR) is 68.3 cm³/mol. The Hall–Kier alpha value is -1.80. The van der Waals surface area contributed by atoms with E-state index in [0.717, 1.165) is 0 Å². The Morgan fingerprint density at radius 2 is 2.28 bits per heavy atom. The van der Waals surface area contributed by atoms with Crippen molar-refractivity contribution >= 4 is 29.1 Å². The highest BCUT2D eigenvalue weighted by Crippen LogP contribution is 2.27. The molecule has 0 aromatic heterocycles. The van der Waals surface area contributed by atoms with Gasteiger partial charge in [0.2, 0.25) is 0 Å².